The second kappa shape index (κ2) is 6.53. The number of rotatable bonds is 4. The molecule has 0 bridgehead atoms. The minimum Gasteiger partial charge on any atom is -0.350 e. The first-order valence-electron chi connectivity index (χ1n) is 6.89. The van der Waals surface area contributed by atoms with Gasteiger partial charge in [0.25, 0.3) is 5.91 Å². The van der Waals surface area contributed by atoms with Gasteiger partial charge in [-0.3, -0.25) is 9.69 Å². The van der Waals surface area contributed by atoms with E-state index in [0.29, 0.717) is 6.04 Å². The minimum absolute atomic E-state index is 0.0207. The van der Waals surface area contributed by atoms with E-state index in [0.717, 1.165) is 35.2 Å². The molecule has 1 aliphatic rings. The number of nitrogens with zero attached hydrogens (tertiary/aromatic N) is 1. The number of halogens is 1. The van der Waals surface area contributed by atoms with Crippen LogP contribution in [0, 0.1) is 6.92 Å². The molecule has 1 saturated heterocycles. The predicted molar refractivity (Wildman–Crippen MR) is 81.5 cm³/mol. The number of carbonyl (C=O) groups excluding carboxylic acids is 1. The van der Waals surface area contributed by atoms with Crippen molar-refractivity contribution in [3.05, 3.63) is 33.8 Å². The summed E-state index contributed by atoms with van der Waals surface area (Å²) < 4.78 is 0.953. The van der Waals surface area contributed by atoms with Gasteiger partial charge in [0.05, 0.1) is 0 Å². The minimum atomic E-state index is 0.0207. The van der Waals surface area contributed by atoms with Crippen LogP contribution in [0.3, 0.4) is 0 Å². The molecule has 1 aliphatic heterocycles. The van der Waals surface area contributed by atoms with Crippen LogP contribution in [-0.4, -0.2) is 36.5 Å². The first-order valence-corrected chi connectivity index (χ1v) is 7.69. The summed E-state index contributed by atoms with van der Waals surface area (Å²) in [7, 11) is 0. The Morgan fingerprint density at radius 3 is 2.95 bits per heavy atom. The average molecular weight is 325 g/mol. The van der Waals surface area contributed by atoms with Crippen molar-refractivity contribution in [2.75, 3.05) is 19.6 Å². The largest absolute Gasteiger partial charge is 0.350 e. The number of hydrogen-bond donors (Lipinski definition) is 1. The third-order valence-corrected chi connectivity index (χ3v) is 4.17. The van der Waals surface area contributed by atoms with E-state index in [1.807, 2.05) is 25.1 Å². The topological polar surface area (TPSA) is 32.3 Å². The van der Waals surface area contributed by atoms with E-state index in [1.54, 1.807) is 0 Å². The van der Waals surface area contributed by atoms with Crippen molar-refractivity contribution in [3.8, 4) is 0 Å². The van der Waals surface area contributed by atoms with Crippen molar-refractivity contribution in [2.45, 2.75) is 32.7 Å². The van der Waals surface area contributed by atoms with Crippen molar-refractivity contribution in [3.63, 3.8) is 0 Å². The Balaban J connectivity index is 1.94. The highest BCUT2D eigenvalue weighted by atomic mass is 79.9. The van der Waals surface area contributed by atoms with Crippen molar-refractivity contribution >= 4 is 21.8 Å². The van der Waals surface area contributed by atoms with Crippen LogP contribution in [0.5, 0.6) is 0 Å². The SMILES string of the molecule is CCN1CCCC1CNC(=O)c1cc(C)cc(Br)c1. The van der Waals surface area contributed by atoms with Crippen molar-refractivity contribution in [1.82, 2.24) is 10.2 Å². The molecule has 19 heavy (non-hydrogen) atoms. The predicted octanol–water partition coefficient (Wildman–Crippen LogP) is 2.97. The number of nitrogens with one attached hydrogen (secondary N) is 1. The lowest BCUT2D eigenvalue weighted by molar-refractivity contribution is 0.0941. The zero-order chi connectivity index (χ0) is 13.8. The van der Waals surface area contributed by atoms with Crippen LogP contribution in [0.4, 0.5) is 0 Å². The maximum Gasteiger partial charge on any atom is 0.251 e. The van der Waals surface area contributed by atoms with E-state index in [2.05, 4.69) is 33.1 Å². The van der Waals surface area contributed by atoms with Gasteiger partial charge in [0.15, 0.2) is 0 Å². The summed E-state index contributed by atoms with van der Waals surface area (Å²) in [6, 6.07) is 6.30. The Morgan fingerprint density at radius 1 is 1.47 bits per heavy atom. The molecule has 1 atom stereocenters. The summed E-state index contributed by atoms with van der Waals surface area (Å²) >= 11 is 3.43. The van der Waals surface area contributed by atoms with Crippen molar-refractivity contribution in [1.29, 1.82) is 0 Å². The van der Waals surface area contributed by atoms with Gasteiger partial charge < -0.3 is 5.32 Å². The summed E-state index contributed by atoms with van der Waals surface area (Å²) in [5.74, 6) is 0.0207. The van der Waals surface area contributed by atoms with E-state index >= 15 is 0 Å². The fourth-order valence-electron chi connectivity index (χ4n) is 2.72. The number of likely N-dealkylation sites (N-methyl/N-ethyl adjacent to an activating group) is 1. The molecule has 0 spiro atoms. The average Bonchev–Trinajstić information content (AvgIpc) is 2.82. The molecule has 1 heterocycles. The summed E-state index contributed by atoms with van der Waals surface area (Å²) in [6.45, 7) is 7.15. The van der Waals surface area contributed by atoms with Crippen molar-refractivity contribution in [2.24, 2.45) is 0 Å². The molecule has 104 valence electrons. The van der Waals surface area contributed by atoms with Crippen LogP contribution in [0.25, 0.3) is 0 Å². The Hall–Kier alpha value is -0.870. The lowest BCUT2D eigenvalue weighted by Crippen LogP contribution is -2.40. The second-order valence-corrected chi connectivity index (χ2v) is 6.07. The first-order chi connectivity index (χ1) is 9.10. The van der Waals surface area contributed by atoms with Crippen LogP contribution in [0.1, 0.15) is 35.7 Å². The highest BCUT2D eigenvalue weighted by Crippen LogP contribution is 2.17. The maximum atomic E-state index is 12.2. The molecule has 4 heteroatoms. The van der Waals surface area contributed by atoms with Gasteiger partial charge in [-0.05, 0) is 56.6 Å². The smallest absolute Gasteiger partial charge is 0.251 e. The van der Waals surface area contributed by atoms with Crippen LogP contribution in [0.2, 0.25) is 0 Å². The van der Waals surface area contributed by atoms with Gasteiger partial charge in [0, 0.05) is 22.6 Å². The van der Waals surface area contributed by atoms with Crippen molar-refractivity contribution < 1.29 is 4.79 Å². The lowest BCUT2D eigenvalue weighted by Gasteiger charge is -2.22. The standard InChI is InChI=1S/C15H21BrN2O/c1-3-18-6-4-5-14(18)10-17-15(19)12-7-11(2)8-13(16)9-12/h7-9,14H,3-6,10H2,1-2H3,(H,17,19). The van der Waals surface area contributed by atoms with Gasteiger partial charge in [0.2, 0.25) is 0 Å². The van der Waals surface area contributed by atoms with E-state index in [1.165, 1.54) is 12.8 Å². The van der Waals surface area contributed by atoms with Gasteiger partial charge in [-0.15, -0.1) is 0 Å². The number of benzene rings is 1. The maximum absolute atomic E-state index is 12.2. The monoisotopic (exact) mass is 324 g/mol. The molecule has 0 aromatic heterocycles. The molecule has 1 amide bonds. The molecule has 3 nitrogen and oxygen atoms in total. The van der Waals surface area contributed by atoms with Gasteiger partial charge in [-0.1, -0.05) is 22.9 Å². The molecule has 1 aromatic carbocycles. The summed E-state index contributed by atoms with van der Waals surface area (Å²) in [5, 5.41) is 3.06. The number of carbonyl (C=O) groups is 1. The first kappa shape index (κ1) is 14.5. The Kier molecular flexibility index (Phi) is 4.99. The fraction of sp³-hybridized carbons (Fsp3) is 0.533. The fourth-order valence-corrected chi connectivity index (χ4v) is 3.33. The molecule has 0 radical (unpaired) electrons. The quantitative estimate of drug-likeness (QED) is 0.923. The molecule has 2 rings (SSSR count). The highest BCUT2D eigenvalue weighted by molar-refractivity contribution is 9.10. The number of aryl methyl sites for hydroxylation is 1. The number of amides is 1. The molecule has 1 N–H and O–H groups in total. The number of hydrogen-bond acceptors (Lipinski definition) is 2. The van der Waals surface area contributed by atoms with Gasteiger partial charge in [-0.25, -0.2) is 0 Å². The van der Waals surface area contributed by atoms with Crippen LogP contribution in [0.15, 0.2) is 22.7 Å². The Morgan fingerprint density at radius 2 is 2.26 bits per heavy atom. The Labute approximate surface area is 123 Å². The van der Waals surface area contributed by atoms with Gasteiger partial charge >= 0.3 is 0 Å². The zero-order valence-corrected chi connectivity index (χ0v) is 13.2. The van der Waals surface area contributed by atoms with Crippen LogP contribution in [-0.2, 0) is 0 Å². The second-order valence-electron chi connectivity index (χ2n) is 5.15. The van der Waals surface area contributed by atoms with Gasteiger partial charge in [0.1, 0.15) is 0 Å². The Bertz CT molecular complexity index is 441. The van der Waals surface area contributed by atoms with E-state index in [-0.39, 0.29) is 5.91 Å². The summed E-state index contributed by atoms with van der Waals surface area (Å²) in [5.41, 5.74) is 1.82. The number of likely N-dealkylation sites (tertiary alicyclic amines) is 1. The molecule has 0 aliphatic carbocycles. The summed E-state index contributed by atoms with van der Waals surface area (Å²) in [4.78, 5) is 14.6. The molecule has 0 saturated carbocycles. The van der Waals surface area contributed by atoms with E-state index < -0.39 is 0 Å². The third kappa shape index (κ3) is 3.80. The van der Waals surface area contributed by atoms with Crippen LogP contribution >= 0.6 is 15.9 Å². The van der Waals surface area contributed by atoms with Crippen LogP contribution < -0.4 is 5.32 Å². The molecule has 1 unspecified atom stereocenters. The molecular formula is C15H21BrN2O. The highest BCUT2D eigenvalue weighted by Gasteiger charge is 2.23. The van der Waals surface area contributed by atoms with Gasteiger partial charge in [-0.2, -0.15) is 0 Å². The lowest BCUT2D eigenvalue weighted by atomic mass is 10.1. The normalized spacial score (nSPS) is 19.6. The summed E-state index contributed by atoms with van der Waals surface area (Å²) in [6.07, 6.45) is 2.43. The molecular weight excluding hydrogens is 304 g/mol. The van der Waals surface area contributed by atoms with E-state index in [4.69, 9.17) is 0 Å². The molecule has 1 fully saturated rings. The van der Waals surface area contributed by atoms with E-state index in [9.17, 15) is 4.79 Å². The zero-order valence-electron chi connectivity index (χ0n) is 11.6. The molecule has 1 aromatic rings. The third-order valence-electron chi connectivity index (χ3n) is 3.71.